The zero-order chi connectivity index (χ0) is 8.97. The number of aliphatic imine (C=N–C) groups is 1. The molecular formula is C10H14N2. The van der Waals surface area contributed by atoms with Gasteiger partial charge in [0.15, 0.2) is 0 Å². The van der Waals surface area contributed by atoms with Crippen LogP contribution in [-0.4, -0.2) is 17.7 Å². The fraction of sp³-hybridized carbons (Fsp3) is 0.400. The molecule has 0 aliphatic heterocycles. The monoisotopic (exact) mass is 162 g/mol. The van der Waals surface area contributed by atoms with Crippen molar-refractivity contribution in [3.05, 3.63) is 29.6 Å². The van der Waals surface area contributed by atoms with Gasteiger partial charge in [-0.05, 0) is 25.0 Å². The molecule has 0 aliphatic rings. The van der Waals surface area contributed by atoms with Gasteiger partial charge in [-0.25, -0.2) is 0 Å². The number of aryl methyl sites for hydroxylation is 1. The highest BCUT2D eigenvalue weighted by Gasteiger charge is 1.99. The predicted molar refractivity (Wildman–Crippen MR) is 51.7 cm³/mol. The van der Waals surface area contributed by atoms with Crippen LogP contribution in [0.5, 0.6) is 0 Å². The second kappa shape index (κ2) is 4.00. The van der Waals surface area contributed by atoms with Crippen molar-refractivity contribution in [1.29, 1.82) is 0 Å². The molecule has 1 aromatic rings. The summed E-state index contributed by atoms with van der Waals surface area (Å²) >= 11 is 0. The molecular weight excluding hydrogens is 148 g/mol. The maximum atomic E-state index is 4.29. The van der Waals surface area contributed by atoms with Crippen LogP contribution in [0.4, 0.5) is 0 Å². The fourth-order valence-corrected chi connectivity index (χ4v) is 1.09. The van der Waals surface area contributed by atoms with Gasteiger partial charge in [-0.2, -0.15) is 0 Å². The summed E-state index contributed by atoms with van der Waals surface area (Å²) in [5.74, 6) is 0. The molecule has 0 aliphatic carbocycles. The summed E-state index contributed by atoms with van der Waals surface area (Å²) in [6.07, 6.45) is 2.81. The Labute approximate surface area is 73.4 Å². The lowest BCUT2D eigenvalue weighted by Crippen LogP contribution is -2.01. The lowest BCUT2D eigenvalue weighted by atomic mass is 10.2. The molecule has 0 saturated heterocycles. The highest BCUT2D eigenvalue weighted by Crippen LogP contribution is 2.02. The normalized spacial score (nSPS) is 11.8. The second-order valence-corrected chi connectivity index (χ2v) is 2.74. The van der Waals surface area contributed by atoms with E-state index < -0.39 is 0 Å². The van der Waals surface area contributed by atoms with Crippen LogP contribution in [0.25, 0.3) is 0 Å². The van der Waals surface area contributed by atoms with Gasteiger partial charge in [0.25, 0.3) is 0 Å². The van der Waals surface area contributed by atoms with Crippen LogP contribution < -0.4 is 0 Å². The molecule has 0 fully saturated rings. The smallest absolute Gasteiger partial charge is 0.0839 e. The summed E-state index contributed by atoms with van der Waals surface area (Å²) in [7, 11) is 1.81. The summed E-state index contributed by atoms with van der Waals surface area (Å²) in [5, 5.41) is 0. The lowest BCUT2D eigenvalue weighted by Gasteiger charge is -2.01. The molecule has 0 amide bonds. The number of pyridine rings is 1. The summed E-state index contributed by atoms with van der Waals surface area (Å²) in [6, 6.07) is 4.07. The van der Waals surface area contributed by atoms with Gasteiger partial charge in [0.05, 0.1) is 11.4 Å². The summed E-state index contributed by atoms with van der Waals surface area (Å²) in [5.41, 5.74) is 3.24. The summed E-state index contributed by atoms with van der Waals surface area (Å²) in [4.78, 5) is 8.45. The van der Waals surface area contributed by atoms with Crippen LogP contribution in [0, 0.1) is 6.92 Å². The van der Waals surface area contributed by atoms with E-state index in [4.69, 9.17) is 0 Å². The number of hydrogen-bond acceptors (Lipinski definition) is 2. The zero-order valence-electron chi connectivity index (χ0n) is 7.83. The van der Waals surface area contributed by atoms with Gasteiger partial charge >= 0.3 is 0 Å². The van der Waals surface area contributed by atoms with E-state index in [0.29, 0.717) is 0 Å². The van der Waals surface area contributed by atoms with Crippen molar-refractivity contribution < 1.29 is 0 Å². The number of hydrogen-bond donors (Lipinski definition) is 0. The molecule has 1 aromatic heterocycles. The predicted octanol–water partition coefficient (Wildman–Crippen LogP) is 2.22. The van der Waals surface area contributed by atoms with Gasteiger partial charge in [0, 0.05) is 13.2 Å². The molecule has 0 aromatic carbocycles. The largest absolute Gasteiger partial charge is 0.291 e. The number of aromatic nitrogens is 1. The van der Waals surface area contributed by atoms with Crippen molar-refractivity contribution in [3.8, 4) is 0 Å². The quantitative estimate of drug-likeness (QED) is 0.612. The highest BCUT2D eigenvalue weighted by atomic mass is 14.8. The zero-order valence-corrected chi connectivity index (χ0v) is 7.83. The van der Waals surface area contributed by atoms with Crippen LogP contribution in [0.1, 0.15) is 24.6 Å². The molecule has 1 rings (SSSR count). The average molecular weight is 162 g/mol. The summed E-state index contributed by atoms with van der Waals surface area (Å²) < 4.78 is 0. The topological polar surface area (TPSA) is 25.2 Å². The molecule has 2 heteroatoms. The number of nitrogens with zero attached hydrogens (tertiary/aromatic N) is 2. The van der Waals surface area contributed by atoms with E-state index in [1.165, 1.54) is 5.56 Å². The molecule has 0 N–H and O–H groups in total. The van der Waals surface area contributed by atoms with Crippen LogP contribution >= 0.6 is 0 Å². The van der Waals surface area contributed by atoms with Gasteiger partial charge in [0.1, 0.15) is 0 Å². The summed E-state index contributed by atoms with van der Waals surface area (Å²) in [6.45, 7) is 4.12. The molecule has 0 radical (unpaired) electrons. The van der Waals surface area contributed by atoms with Gasteiger partial charge in [-0.3, -0.25) is 9.98 Å². The van der Waals surface area contributed by atoms with E-state index in [1.54, 1.807) is 7.05 Å². The van der Waals surface area contributed by atoms with Crippen molar-refractivity contribution in [2.24, 2.45) is 4.99 Å². The van der Waals surface area contributed by atoms with E-state index in [2.05, 4.69) is 23.0 Å². The SMILES string of the molecule is CC/C(=N\C)c1ccc(C)cn1. The minimum absolute atomic E-state index is 0.937. The van der Waals surface area contributed by atoms with Crippen LogP contribution in [-0.2, 0) is 0 Å². The second-order valence-electron chi connectivity index (χ2n) is 2.74. The third-order valence-corrected chi connectivity index (χ3v) is 1.81. The maximum absolute atomic E-state index is 4.29. The molecule has 2 nitrogen and oxygen atoms in total. The first-order valence-electron chi connectivity index (χ1n) is 4.16. The Morgan fingerprint density at radius 2 is 2.25 bits per heavy atom. The first-order valence-corrected chi connectivity index (χ1v) is 4.16. The van der Waals surface area contributed by atoms with Crippen molar-refractivity contribution in [2.45, 2.75) is 20.3 Å². The molecule has 64 valence electrons. The van der Waals surface area contributed by atoms with E-state index in [-0.39, 0.29) is 0 Å². The minimum atomic E-state index is 0.937. The molecule has 0 spiro atoms. The third-order valence-electron chi connectivity index (χ3n) is 1.81. The first kappa shape index (κ1) is 8.91. The Morgan fingerprint density at radius 1 is 1.50 bits per heavy atom. The lowest BCUT2D eigenvalue weighted by molar-refractivity contribution is 1.17. The maximum Gasteiger partial charge on any atom is 0.0839 e. The van der Waals surface area contributed by atoms with Crippen LogP contribution in [0.3, 0.4) is 0 Å². The fourth-order valence-electron chi connectivity index (χ4n) is 1.09. The minimum Gasteiger partial charge on any atom is -0.291 e. The average Bonchev–Trinajstić information content (AvgIpc) is 2.10. The van der Waals surface area contributed by atoms with E-state index in [0.717, 1.165) is 17.8 Å². The standard InChI is InChI=1S/C10H14N2/c1-4-9(11-3)10-6-5-8(2)7-12-10/h5-7H,4H2,1-3H3/b11-9+. The number of rotatable bonds is 2. The Hall–Kier alpha value is -1.18. The van der Waals surface area contributed by atoms with Gasteiger partial charge in [0.2, 0.25) is 0 Å². The first-order chi connectivity index (χ1) is 5.77. The Kier molecular flexibility index (Phi) is 2.97. The van der Waals surface area contributed by atoms with Crippen molar-refractivity contribution in [3.63, 3.8) is 0 Å². The van der Waals surface area contributed by atoms with Crippen molar-refractivity contribution in [1.82, 2.24) is 4.98 Å². The van der Waals surface area contributed by atoms with Crippen molar-refractivity contribution in [2.75, 3.05) is 7.05 Å². The molecule has 0 atom stereocenters. The third kappa shape index (κ3) is 1.91. The Bertz CT molecular complexity index is 272. The molecule has 0 bridgehead atoms. The molecule has 12 heavy (non-hydrogen) atoms. The molecule has 0 unspecified atom stereocenters. The Balaban J connectivity index is 2.96. The van der Waals surface area contributed by atoms with Gasteiger partial charge in [-0.1, -0.05) is 13.0 Å². The van der Waals surface area contributed by atoms with Crippen molar-refractivity contribution >= 4 is 5.71 Å². The molecule has 1 heterocycles. The van der Waals surface area contributed by atoms with Gasteiger partial charge in [-0.15, -0.1) is 0 Å². The Morgan fingerprint density at radius 3 is 2.67 bits per heavy atom. The van der Waals surface area contributed by atoms with Gasteiger partial charge < -0.3 is 0 Å². The van der Waals surface area contributed by atoms with Crippen LogP contribution in [0.2, 0.25) is 0 Å². The van der Waals surface area contributed by atoms with E-state index in [9.17, 15) is 0 Å². The van der Waals surface area contributed by atoms with Crippen LogP contribution in [0.15, 0.2) is 23.3 Å². The highest BCUT2D eigenvalue weighted by molar-refractivity contribution is 5.98. The molecule has 0 saturated carbocycles. The van der Waals surface area contributed by atoms with E-state index >= 15 is 0 Å². The van der Waals surface area contributed by atoms with E-state index in [1.807, 2.05) is 19.2 Å².